The largest absolute Gasteiger partial charge is 0.300 e. The Labute approximate surface area is 61.2 Å². The lowest BCUT2D eigenvalue weighted by atomic mass is 10.2. The van der Waals surface area contributed by atoms with E-state index in [1.807, 2.05) is 6.92 Å². The normalized spacial score (nSPS) is 9.80. The molecule has 0 saturated heterocycles. The van der Waals surface area contributed by atoms with E-state index in [4.69, 9.17) is 0 Å². The maximum Gasteiger partial charge on any atom is 0.132 e. The summed E-state index contributed by atoms with van der Waals surface area (Å²) in [5.41, 5.74) is 0. The van der Waals surface area contributed by atoms with Crippen molar-refractivity contribution in [3.05, 3.63) is 0 Å². The van der Waals surface area contributed by atoms with Gasteiger partial charge >= 0.3 is 0 Å². The molecule has 0 bridgehead atoms. The summed E-state index contributed by atoms with van der Waals surface area (Å²) in [6, 6.07) is 0. The van der Waals surface area contributed by atoms with Crippen LogP contribution in [0.25, 0.3) is 0 Å². The zero-order valence-corrected chi connectivity index (χ0v) is 6.55. The van der Waals surface area contributed by atoms with Gasteiger partial charge in [0.25, 0.3) is 0 Å². The molecule has 60 valence electrons. The summed E-state index contributed by atoms with van der Waals surface area (Å²) in [4.78, 5) is 19.6. The van der Waals surface area contributed by atoms with Crippen molar-refractivity contribution >= 4 is 5.78 Å². The molecule has 0 aliphatic rings. The first-order chi connectivity index (χ1) is 4.81. The second-order valence-corrected chi connectivity index (χ2v) is 1.98. The van der Waals surface area contributed by atoms with Crippen LogP contribution >= 0.6 is 0 Å². The van der Waals surface area contributed by atoms with Crippen molar-refractivity contribution in [1.29, 1.82) is 0 Å². The van der Waals surface area contributed by atoms with E-state index in [1.165, 1.54) is 7.11 Å². The highest BCUT2D eigenvalue weighted by molar-refractivity contribution is 5.77. The molecular formula is C7H14O3. The molecule has 0 rings (SSSR count). The molecule has 0 amide bonds. The monoisotopic (exact) mass is 146 g/mol. The minimum absolute atomic E-state index is 0.278. The number of rotatable bonds is 6. The van der Waals surface area contributed by atoms with Gasteiger partial charge in [0, 0.05) is 12.8 Å². The first kappa shape index (κ1) is 9.59. The molecule has 0 atom stereocenters. The Morgan fingerprint density at radius 2 is 2.20 bits per heavy atom. The van der Waals surface area contributed by atoms with Crippen LogP contribution in [0.5, 0.6) is 0 Å². The van der Waals surface area contributed by atoms with Crippen molar-refractivity contribution in [2.24, 2.45) is 0 Å². The Bertz CT molecular complexity index is 90.9. The van der Waals surface area contributed by atoms with Crippen LogP contribution in [0.1, 0.15) is 26.2 Å². The molecule has 10 heavy (non-hydrogen) atoms. The fourth-order valence-electron chi connectivity index (χ4n) is 0.588. The van der Waals surface area contributed by atoms with E-state index in [9.17, 15) is 4.79 Å². The van der Waals surface area contributed by atoms with Crippen LogP contribution in [-0.2, 0) is 14.6 Å². The second-order valence-electron chi connectivity index (χ2n) is 1.98. The van der Waals surface area contributed by atoms with Gasteiger partial charge in [0.1, 0.15) is 5.78 Å². The van der Waals surface area contributed by atoms with Crippen molar-refractivity contribution in [1.82, 2.24) is 0 Å². The number of Topliss-reactive ketones (excluding diaryl/α,β-unsaturated/α-hetero) is 1. The van der Waals surface area contributed by atoms with E-state index in [2.05, 4.69) is 9.78 Å². The van der Waals surface area contributed by atoms with E-state index >= 15 is 0 Å². The molecule has 0 aromatic heterocycles. The van der Waals surface area contributed by atoms with Crippen LogP contribution < -0.4 is 0 Å². The molecule has 0 unspecified atom stereocenters. The molecular weight excluding hydrogens is 132 g/mol. The minimum Gasteiger partial charge on any atom is -0.300 e. The van der Waals surface area contributed by atoms with Gasteiger partial charge in [-0.1, -0.05) is 6.92 Å². The third-order valence-corrected chi connectivity index (χ3v) is 1.20. The summed E-state index contributed by atoms with van der Waals surface area (Å²) in [6.07, 6.45) is 1.97. The van der Waals surface area contributed by atoms with E-state index < -0.39 is 0 Å². The number of hydrogen-bond acceptors (Lipinski definition) is 3. The number of carbonyl (C=O) groups excluding carboxylic acids is 1. The molecule has 0 aliphatic heterocycles. The van der Waals surface area contributed by atoms with Gasteiger partial charge in [-0.3, -0.25) is 4.79 Å². The maximum absolute atomic E-state index is 10.7. The van der Waals surface area contributed by atoms with Crippen molar-refractivity contribution in [3.8, 4) is 0 Å². The molecule has 3 heteroatoms. The molecule has 0 aromatic carbocycles. The highest BCUT2D eigenvalue weighted by Crippen LogP contribution is 1.94. The van der Waals surface area contributed by atoms with Gasteiger partial charge in [-0.15, -0.1) is 0 Å². The van der Waals surface area contributed by atoms with Gasteiger partial charge in [-0.2, -0.15) is 0 Å². The molecule has 0 fully saturated rings. The zero-order chi connectivity index (χ0) is 7.82. The molecule has 0 saturated carbocycles. The van der Waals surface area contributed by atoms with Crippen molar-refractivity contribution in [3.63, 3.8) is 0 Å². The van der Waals surface area contributed by atoms with Crippen LogP contribution in [0.3, 0.4) is 0 Å². The number of ketones is 1. The third-order valence-electron chi connectivity index (χ3n) is 1.20. The summed E-state index contributed by atoms with van der Waals surface area (Å²) >= 11 is 0. The first-order valence-electron chi connectivity index (χ1n) is 3.48. The second kappa shape index (κ2) is 6.71. The average Bonchev–Trinajstić information content (AvgIpc) is 1.98. The van der Waals surface area contributed by atoms with E-state index in [1.54, 1.807) is 0 Å². The van der Waals surface area contributed by atoms with Crippen LogP contribution in [0.15, 0.2) is 0 Å². The van der Waals surface area contributed by atoms with Gasteiger partial charge in [-0.25, -0.2) is 9.78 Å². The van der Waals surface area contributed by atoms with Crippen molar-refractivity contribution in [2.45, 2.75) is 26.2 Å². The van der Waals surface area contributed by atoms with Crippen LogP contribution in [0.4, 0.5) is 0 Å². The van der Waals surface area contributed by atoms with Gasteiger partial charge in [0.2, 0.25) is 0 Å². The highest BCUT2D eigenvalue weighted by atomic mass is 17.2. The minimum atomic E-state index is 0.278. The lowest BCUT2D eigenvalue weighted by Crippen LogP contribution is -1.99. The molecule has 0 radical (unpaired) electrons. The molecule has 0 aromatic rings. The summed E-state index contributed by atoms with van der Waals surface area (Å²) in [7, 11) is 1.46. The lowest BCUT2D eigenvalue weighted by molar-refractivity contribution is -0.272. The Balaban J connectivity index is 2.96. The predicted octanol–water partition coefficient (Wildman–Crippen LogP) is 1.32. The summed E-state index contributed by atoms with van der Waals surface area (Å²) in [6.45, 7) is 2.36. The highest BCUT2D eigenvalue weighted by Gasteiger charge is 1.96. The number of carbonyl (C=O) groups is 1. The Morgan fingerprint density at radius 3 is 2.70 bits per heavy atom. The summed E-state index contributed by atoms with van der Waals surface area (Å²) in [5.74, 6) is 0.278. The smallest absolute Gasteiger partial charge is 0.132 e. The maximum atomic E-state index is 10.7. The summed E-state index contributed by atoms with van der Waals surface area (Å²) in [5, 5.41) is 0. The lowest BCUT2D eigenvalue weighted by Gasteiger charge is -1.97. The van der Waals surface area contributed by atoms with E-state index in [-0.39, 0.29) is 5.78 Å². The molecule has 0 N–H and O–H groups in total. The SMILES string of the molecule is CCC(=O)CCCOOC. The van der Waals surface area contributed by atoms with E-state index in [0.29, 0.717) is 19.4 Å². The van der Waals surface area contributed by atoms with E-state index in [0.717, 1.165) is 6.42 Å². The van der Waals surface area contributed by atoms with Crippen LogP contribution in [-0.4, -0.2) is 19.5 Å². The van der Waals surface area contributed by atoms with Crippen LogP contribution in [0.2, 0.25) is 0 Å². The fourth-order valence-corrected chi connectivity index (χ4v) is 0.588. The Hall–Kier alpha value is -0.410. The van der Waals surface area contributed by atoms with Gasteiger partial charge in [-0.05, 0) is 6.42 Å². The Kier molecular flexibility index (Phi) is 6.43. The first-order valence-corrected chi connectivity index (χ1v) is 3.48. The fraction of sp³-hybridized carbons (Fsp3) is 0.857. The number of hydrogen-bond donors (Lipinski definition) is 0. The molecule has 0 heterocycles. The van der Waals surface area contributed by atoms with Crippen LogP contribution in [0, 0.1) is 0 Å². The van der Waals surface area contributed by atoms with Crippen molar-refractivity contribution < 1.29 is 14.6 Å². The van der Waals surface area contributed by atoms with Crippen molar-refractivity contribution in [2.75, 3.05) is 13.7 Å². The zero-order valence-electron chi connectivity index (χ0n) is 6.55. The molecule has 0 spiro atoms. The third kappa shape index (κ3) is 5.72. The summed E-state index contributed by atoms with van der Waals surface area (Å²) < 4.78 is 0. The van der Waals surface area contributed by atoms with Gasteiger partial charge < -0.3 is 0 Å². The van der Waals surface area contributed by atoms with Gasteiger partial charge in [0.05, 0.1) is 13.7 Å². The standard InChI is InChI=1S/C7H14O3/c1-3-7(8)5-4-6-10-9-2/h3-6H2,1-2H3. The predicted molar refractivity (Wildman–Crippen MR) is 37.5 cm³/mol. The average molecular weight is 146 g/mol. The molecule has 0 aliphatic carbocycles. The Morgan fingerprint density at radius 1 is 1.50 bits per heavy atom. The molecule has 3 nitrogen and oxygen atoms in total. The van der Waals surface area contributed by atoms with Gasteiger partial charge in [0.15, 0.2) is 0 Å². The topological polar surface area (TPSA) is 35.5 Å². The quantitative estimate of drug-likeness (QED) is 0.322.